The minimum atomic E-state index is 0.646. The van der Waals surface area contributed by atoms with Gasteiger partial charge in [0, 0.05) is 30.3 Å². The van der Waals surface area contributed by atoms with Crippen molar-refractivity contribution < 1.29 is 0 Å². The van der Waals surface area contributed by atoms with Gasteiger partial charge in [-0.2, -0.15) is 4.98 Å². The molecule has 3 heterocycles. The molecule has 0 fully saturated rings. The summed E-state index contributed by atoms with van der Waals surface area (Å²) in [5, 5.41) is 5.25. The zero-order valence-corrected chi connectivity index (χ0v) is 14.9. The van der Waals surface area contributed by atoms with Crippen molar-refractivity contribution in [3.05, 3.63) is 71.6 Å². The fourth-order valence-electron chi connectivity index (χ4n) is 2.74. The molecular formula is C18H18N6S. The number of hydrogen-bond donors (Lipinski definition) is 0. The number of nitrogens with zero attached hydrogens (tertiary/aromatic N) is 6. The average Bonchev–Trinajstić information content (AvgIpc) is 3.20. The van der Waals surface area contributed by atoms with Crippen molar-refractivity contribution >= 4 is 17.5 Å². The van der Waals surface area contributed by atoms with Gasteiger partial charge in [-0.15, -0.1) is 5.10 Å². The van der Waals surface area contributed by atoms with Crippen LogP contribution in [-0.4, -0.2) is 29.1 Å². The molecule has 126 valence electrons. The van der Waals surface area contributed by atoms with Gasteiger partial charge in [-0.05, 0) is 25.5 Å². The third-order valence-corrected chi connectivity index (χ3v) is 4.76. The van der Waals surface area contributed by atoms with E-state index < -0.39 is 0 Å². The summed E-state index contributed by atoms with van der Waals surface area (Å²) in [4.78, 5) is 13.4. The molecule has 0 unspecified atom stereocenters. The Bertz CT molecular complexity index is 1010. The lowest BCUT2D eigenvalue weighted by Crippen LogP contribution is -2.03. The number of hydrogen-bond acceptors (Lipinski definition) is 5. The number of fused-ring (bicyclic) bond motifs is 1. The van der Waals surface area contributed by atoms with Crippen LogP contribution in [0.2, 0.25) is 0 Å². The van der Waals surface area contributed by atoms with Crippen LogP contribution in [0, 0.1) is 13.8 Å². The Morgan fingerprint density at radius 2 is 1.92 bits per heavy atom. The summed E-state index contributed by atoms with van der Waals surface area (Å²) < 4.78 is 3.94. The molecule has 0 aliphatic carbocycles. The Morgan fingerprint density at radius 1 is 1.08 bits per heavy atom. The molecule has 0 radical (unpaired) electrons. The number of aromatic nitrogens is 6. The highest BCUT2D eigenvalue weighted by Crippen LogP contribution is 2.20. The Labute approximate surface area is 150 Å². The van der Waals surface area contributed by atoms with Gasteiger partial charge in [-0.25, -0.2) is 14.5 Å². The van der Waals surface area contributed by atoms with Gasteiger partial charge >= 0.3 is 0 Å². The number of rotatable bonds is 5. The first-order chi connectivity index (χ1) is 12.2. The Balaban J connectivity index is 1.51. The summed E-state index contributed by atoms with van der Waals surface area (Å²) in [5.74, 6) is 2.37. The van der Waals surface area contributed by atoms with Crippen LogP contribution in [0.25, 0.3) is 5.78 Å². The maximum absolute atomic E-state index is 4.54. The van der Waals surface area contributed by atoms with Crippen molar-refractivity contribution in [3.63, 3.8) is 0 Å². The molecule has 3 aromatic heterocycles. The summed E-state index contributed by atoms with van der Waals surface area (Å²) in [5.41, 5.74) is 3.24. The predicted molar refractivity (Wildman–Crippen MR) is 97.6 cm³/mol. The smallest absolute Gasteiger partial charge is 0.253 e. The van der Waals surface area contributed by atoms with E-state index in [1.54, 1.807) is 16.3 Å². The lowest BCUT2D eigenvalue weighted by atomic mass is 10.2. The first-order valence-corrected chi connectivity index (χ1v) is 9.05. The zero-order chi connectivity index (χ0) is 17.2. The summed E-state index contributed by atoms with van der Waals surface area (Å²) in [6.45, 7) is 4.79. The van der Waals surface area contributed by atoms with E-state index in [9.17, 15) is 0 Å². The Kier molecular flexibility index (Phi) is 4.23. The molecule has 0 spiro atoms. The summed E-state index contributed by atoms with van der Waals surface area (Å²) >= 11 is 1.58. The fourth-order valence-corrected chi connectivity index (χ4v) is 3.53. The molecule has 0 saturated carbocycles. The molecule has 7 heteroatoms. The molecule has 0 atom stereocenters. The van der Waals surface area contributed by atoms with Gasteiger partial charge in [0.1, 0.15) is 5.82 Å². The molecule has 0 amide bonds. The van der Waals surface area contributed by atoms with Crippen molar-refractivity contribution in [2.45, 2.75) is 31.3 Å². The average molecular weight is 350 g/mol. The second-order valence-corrected chi connectivity index (χ2v) is 6.83. The van der Waals surface area contributed by atoms with Gasteiger partial charge in [0.25, 0.3) is 5.78 Å². The standard InChI is InChI=1S/C18H18N6S/c1-13-10-14(2)24-17(20-13)21-18(22-24)25-12-16-19-8-9-23(16)11-15-6-4-3-5-7-15/h3-10H,11-12H2,1-2H3. The molecule has 0 bridgehead atoms. The third kappa shape index (κ3) is 3.41. The molecule has 1 aromatic carbocycles. The summed E-state index contributed by atoms with van der Waals surface area (Å²) in [6, 6.07) is 12.4. The van der Waals surface area contributed by atoms with E-state index in [0.29, 0.717) is 5.78 Å². The van der Waals surface area contributed by atoms with Gasteiger partial charge in [0.2, 0.25) is 5.16 Å². The molecule has 4 aromatic rings. The molecule has 0 aliphatic heterocycles. The van der Waals surface area contributed by atoms with Crippen molar-refractivity contribution in [2.24, 2.45) is 0 Å². The topological polar surface area (TPSA) is 60.9 Å². The lowest BCUT2D eigenvalue weighted by Gasteiger charge is -2.06. The van der Waals surface area contributed by atoms with Crippen LogP contribution in [0.5, 0.6) is 0 Å². The molecule has 25 heavy (non-hydrogen) atoms. The van der Waals surface area contributed by atoms with E-state index in [1.165, 1.54) is 5.56 Å². The maximum Gasteiger partial charge on any atom is 0.253 e. The highest BCUT2D eigenvalue weighted by Gasteiger charge is 2.10. The van der Waals surface area contributed by atoms with E-state index in [2.05, 4.69) is 48.9 Å². The fraction of sp³-hybridized carbons (Fsp3) is 0.222. The SMILES string of the molecule is Cc1cc(C)n2nc(SCc3nccn3Cc3ccccc3)nc2n1. The van der Waals surface area contributed by atoms with E-state index >= 15 is 0 Å². The van der Waals surface area contributed by atoms with E-state index in [4.69, 9.17) is 0 Å². The van der Waals surface area contributed by atoms with Crippen LogP contribution >= 0.6 is 11.8 Å². The number of benzene rings is 1. The van der Waals surface area contributed by atoms with Gasteiger partial charge in [0.05, 0.1) is 5.75 Å². The number of imidazole rings is 1. The van der Waals surface area contributed by atoms with Gasteiger partial charge < -0.3 is 4.57 Å². The van der Waals surface area contributed by atoms with Crippen LogP contribution in [-0.2, 0) is 12.3 Å². The van der Waals surface area contributed by atoms with Crippen molar-refractivity contribution in [1.82, 2.24) is 29.1 Å². The third-order valence-electron chi connectivity index (χ3n) is 3.93. The largest absolute Gasteiger partial charge is 0.330 e. The second kappa shape index (κ2) is 6.68. The lowest BCUT2D eigenvalue weighted by molar-refractivity contribution is 0.755. The van der Waals surface area contributed by atoms with Crippen molar-refractivity contribution in [2.75, 3.05) is 0 Å². The molecule has 4 rings (SSSR count). The molecule has 0 saturated heterocycles. The summed E-state index contributed by atoms with van der Waals surface area (Å²) in [6.07, 6.45) is 3.85. The van der Waals surface area contributed by atoms with Crippen LogP contribution in [0.15, 0.2) is 53.9 Å². The van der Waals surface area contributed by atoms with Gasteiger partial charge in [-0.1, -0.05) is 42.1 Å². The minimum absolute atomic E-state index is 0.646. The summed E-state index contributed by atoms with van der Waals surface area (Å²) in [7, 11) is 0. The predicted octanol–water partition coefficient (Wildman–Crippen LogP) is 3.28. The van der Waals surface area contributed by atoms with Gasteiger partial charge in [0.15, 0.2) is 0 Å². The second-order valence-electron chi connectivity index (χ2n) is 5.89. The normalized spacial score (nSPS) is 11.3. The number of aryl methyl sites for hydroxylation is 2. The van der Waals surface area contributed by atoms with Crippen molar-refractivity contribution in [3.8, 4) is 0 Å². The van der Waals surface area contributed by atoms with Gasteiger partial charge in [-0.3, -0.25) is 0 Å². The Morgan fingerprint density at radius 3 is 2.76 bits per heavy atom. The first-order valence-electron chi connectivity index (χ1n) is 8.07. The van der Waals surface area contributed by atoms with E-state index in [0.717, 1.165) is 34.7 Å². The van der Waals surface area contributed by atoms with Crippen LogP contribution in [0.1, 0.15) is 22.8 Å². The van der Waals surface area contributed by atoms with E-state index in [1.807, 2.05) is 38.4 Å². The number of thioether (sulfide) groups is 1. The van der Waals surface area contributed by atoms with Crippen LogP contribution in [0.3, 0.4) is 0 Å². The molecule has 6 nitrogen and oxygen atoms in total. The molecular weight excluding hydrogens is 332 g/mol. The van der Waals surface area contributed by atoms with Crippen LogP contribution < -0.4 is 0 Å². The van der Waals surface area contributed by atoms with Crippen LogP contribution in [0.4, 0.5) is 0 Å². The van der Waals surface area contributed by atoms with Crippen molar-refractivity contribution in [1.29, 1.82) is 0 Å². The van der Waals surface area contributed by atoms with E-state index in [-0.39, 0.29) is 0 Å². The zero-order valence-electron chi connectivity index (χ0n) is 14.1. The molecule has 0 aliphatic rings. The quantitative estimate of drug-likeness (QED) is 0.517. The molecule has 0 N–H and O–H groups in total. The minimum Gasteiger partial charge on any atom is -0.330 e. The first kappa shape index (κ1) is 15.8. The maximum atomic E-state index is 4.54. The monoisotopic (exact) mass is 350 g/mol. The Hall–Kier alpha value is -2.67. The highest BCUT2D eigenvalue weighted by molar-refractivity contribution is 7.98. The highest BCUT2D eigenvalue weighted by atomic mass is 32.2.